The van der Waals surface area contributed by atoms with E-state index in [9.17, 15) is 0 Å². The Balaban J connectivity index is 1.66. The van der Waals surface area contributed by atoms with Crippen molar-refractivity contribution in [3.8, 4) is 5.75 Å². The van der Waals surface area contributed by atoms with Crippen molar-refractivity contribution >= 4 is 0 Å². The molecule has 0 aliphatic carbocycles. The van der Waals surface area contributed by atoms with E-state index in [0.29, 0.717) is 6.04 Å². The summed E-state index contributed by atoms with van der Waals surface area (Å²) >= 11 is 0. The smallest absolute Gasteiger partial charge is 0.119 e. The Hall–Kier alpha value is -1.06. The summed E-state index contributed by atoms with van der Waals surface area (Å²) in [5.41, 5.74) is 5.70. The van der Waals surface area contributed by atoms with Gasteiger partial charge in [0.15, 0.2) is 0 Å². The average Bonchev–Trinajstić information content (AvgIpc) is 2.47. The van der Waals surface area contributed by atoms with Crippen molar-refractivity contribution in [2.75, 3.05) is 26.2 Å². The number of hydrogen-bond acceptors (Lipinski definition) is 3. The van der Waals surface area contributed by atoms with Gasteiger partial charge in [-0.15, -0.1) is 0 Å². The van der Waals surface area contributed by atoms with E-state index >= 15 is 0 Å². The van der Waals surface area contributed by atoms with E-state index in [4.69, 9.17) is 10.5 Å². The number of nitrogens with zero attached hydrogens (tertiary/aromatic N) is 1. The van der Waals surface area contributed by atoms with Crippen molar-refractivity contribution in [1.82, 2.24) is 4.90 Å². The molecule has 1 atom stereocenters. The average molecular weight is 262 g/mol. The van der Waals surface area contributed by atoms with Crippen LogP contribution in [0.3, 0.4) is 0 Å². The van der Waals surface area contributed by atoms with Gasteiger partial charge in [-0.25, -0.2) is 0 Å². The highest BCUT2D eigenvalue weighted by atomic mass is 16.5. The minimum atomic E-state index is 0.704. The molecule has 0 amide bonds. The maximum Gasteiger partial charge on any atom is 0.119 e. The molecule has 1 aliphatic rings. The maximum atomic E-state index is 5.74. The Morgan fingerprint density at radius 3 is 2.84 bits per heavy atom. The van der Waals surface area contributed by atoms with Gasteiger partial charge in [0.1, 0.15) is 5.75 Å². The molecule has 19 heavy (non-hydrogen) atoms. The lowest BCUT2D eigenvalue weighted by atomic mass is 9.99. The lowest BCUT2D eigenvalue weighted by Crippen LogP contribution is -2.41. The number of para-hydroxylation sites is 1. The molecule has 3 heteroatoms. The lowest BCUT2D eigenvalue weighted by molar-refractivity contribution is 0.132. The Morgan fingerprint density at radius 1 is 1.21 bits per heavy atom. The molecule has 0 bridgehead atoms. The molecule has 1 heterocycles. The van der Waals surface area contributed by atoms with Crippen molar-refractivity contribution in [3.05, 3.63) is 30.3 Å². The number of nitrogens with two attached hydrogens (primary N) is 1. The van der Waals surface area contributed by atoms with Crippen LogP contribution >= 0.6 is 0 Å². The Labute approximate surface area is 116 Å². The third kappa shape index (κ3) is 4.84. The number of piperidine rings is 1. The molecular weight excluding hydrogens is 236 g/mol. The third-order valence-electron chi connectivity index (χ3n) is 3.85. The number of benzene rings is 1. The van der Waals surface area contributed by atoms with Crippen molar-refractivity contribution < 1.29 is 4.74 Å². The highest BCUT2D eigenvalue weighted by Gasteiger charge is 2.20. The summed E-state index contributed by atoms with van der Waals surface area (Å²) in [6, 6.07) is 10.8. The number of ether oxygens (including phenoxy) is 1. The second-order valence-electron chi connectivity index (χ2n) is 5.28. The predicted molar refractivity (Wildman–Crippen MR) is 79.4 cm³/mol. The van der Waals surface area contributed by atoms with Crippen molar-refractivity contribution in [3.63, 3.8) is 0 Å². The van der Waals surface area contributed by atoms with Crippen molar-refractivity contribution in [2.45, 2.75) is 38.1 Å². The summed E-state index contributed by atoms with van der Waals surface area (Å²) < 4.78 is 5.74. The Kier molecular flexibility index (Phi) is 6.18. The SMILES string of the molecule is NCCC1CCCCN1CCCOc1ccccc1. The molecule has 1 fully saturated rings. The summed E-state index contributed by atoms with van der Waals surface area (Å²) in [5, 5.41) is 0. The fraction of sp³-hybridized carbons (Fsp3) is 0.625. The van der Waals surface area contributed by atoms with Crippen LogP contribution in [-0.4, -0.2) is 37.2 Å². The monoisotopic (exact) mass is 262 g/mol. The quantitative estimate of drug-likeness (QED) is 0.768. The van der Waals surface area contributed by atoms with E-state index in [-0.39, 0.29) is 0 Å². The summed E-state index contributed by atoms with van der Waals surface area (Å²) in [7, 11) is 0. The van der Waals surface area contributed by atoms with Gasteiger partial charge in [-0.1, -0.05) is 24.6 Å². The zero-order chi connectivity index (χ0) is 13.3. The van der Waals surface area contributed by atoms with Gasteiger partial charge in [-0.3, -0.25) is 0 Å². The fourth-order valence-electron chi connectivity index (χ4n) is 2.85. The minimum Gasteiger partial charge on any atom is -0.494 e. The Bertz CT molecular complexity index is 340. The predicted octanol–water partition coefficient (Wildman–Crippen LogP) is 2.66. The molecular formula is C16H26N2O. The first-order valence-electron chi connectivity index (χ1n) is 7.52. The van der Waals surface area contributed by atoms with Gasteiger partial charge in [-0.05, 0) is 50.9 Å². The van der Waals surface area contributed by atoms with Crippen LogP contribution < -0.4 is 10.5 Å². The van der Waals surface area contributed by atoms with Crippen LogP contribution in [-0.2, 0) is 0 Å². The van der Waals surface area contributed by atoms with Crippen molar-refractivity contribution in [2.24, 2.45) is 5.73 Å². The number of rotatable bonds is 7. The van der Waals surface area contributed by atoms with Crippen LogP contribution in [0.15, 0.2) is 30.3 Å². The first-order chi connectivity index (χ1) is 9.40. The topological polar surface area (TPSA) is 38.5 Å². The summed E-state index contributed by atoms with van der Waals surface area (Å²) in [4.78, 5) is 2.60. The summed E-state index contributed by atoms with van der Waals surface area (Å²) in [5.74, 6) is 0.972. The van der Waals surface area contributed by atoms with E-state index in [0.717, 1.165) is 38.3 Å². The van der Waals surface area contributed by atoms with E-state index in [1.165, 1.54) is 25.8 Å². The first kappa shape index (κ1) is 14.4. The zero-order valence-corrected chi connectivity index (χ0v) is 11.8. The number of likely N-dealkylation sites (tertiary alicyclic amines) is 1. The Morgan fingerprint density at radius 2 is 2.05 bits per heavy atom. The molecule has 106 valence electrons. The number of hydrogen-bond donors (Lipinski definition) is 1. The molecule has 0 saturated carbocycles. The second kappa shape index (κ2) is 8.18. The van der Waals surface area contributed by atoms with Crippen LogP contribution in [0.1, 0.15) is 32.1 Å². The van der Waals surface area contributed by atoms with E-state index in [1.807, 2.05) is 30.3 Å². The van der Waals surface area contributed by atoms with Crippen LogP contribution in [0.5, 0.6) is 5.75 Å². The summed E-state index contributed by atoms with van der Waals surface area (Å²) in [6.45, 7) is 3.98. The molecule has 3 nitrogen and oxygen atoms in total. The van der Waals surface area contributed by atoms with Crippen molar-refractivity contribution in [1.29, 1.82) is 0 Å². The summed E-state index contributed by atoms with van der Waals surface area (Å²) in [6.07, 6.45) is 6.24. The molecule has 0 aromatic heterocycles. The van der Waals surface area contributed by atoms with Crippen LogP contribution in [0.4, 0.5) is 0 Å². The van der Waals surface area contributed by atoms with Gasteiger partial charge in [0.25, 0.3) is 0 Å². The molecule has 1 aliphatic heterocycles. The van der Waals surface area contributed by atoms with E-state index in [1.54, 1.807) is 0 Å². The maximum absolute atomic E-state index is 5.74. The van der Waals surface area contributed by atoms with Crippen LogP contribution in [0.2, 0.25) is 0 Å². The van der Waals surface area contributed by atoms with E-state index in [2.05, 4.69) is 4.90 Å². The van der Waals surface area contributed by atoms with Gasteiger partial charge in [0.2, 0.25) is 0 Å². The standard InChI is InChI=1S/C16H26N2O/c17-11-10-15-7-4-5-12-18(15)13-6-14-19-16-8-2-1-3-9-16/h1-3,8-9,15H,4-7,10-14,17H2. The molecule has 2 N–H and O–H groups in total. The molecule has 1 aromatic rings. The molecule has 0 radical (unpaired) electrons. The highest BCUT2D eigenvalue weighted by molar-refractivity contribution is 5.20. The lowest BCUT2D eigenvalue weighted by Gasteiger charge is -2.35. The molecule has 1 unspecified atom stereocenters. The first-order valence-corrected chi connectivity index (χ1v) is 7.52. The molecule has 1 aromatic carbocycles. The minimum absolute atomic E-state index is 0.704. The fourth-order valence-corrected chi connectivity index (χ4v) is 2.85. The van der Waals surface area contributed by atoms with Gasteiger partial charge in [0.05, 0.1) is 6.61 Å². The van der Waals surface area contributed by atoms with E-state index < -0.39 is 0 Å². The van der Waals surface area contributed by atoms with Gasteiger partial charge < -0.3 is 15.4 Å². The molecule has 1 saturated heterocycles. The van der Waals surface area contributed by atoms with Crippen LogP contribution in [0.25, 0.3) is 0 Å². The third-order valence-corrected chi connectivity index (χ3v) is 3.85. The largest absolute Gasteiger partial charge is 0.494 e. The highest BCUT2D eigenvalue weighted by Crippen LogP contribution is 2.19. The molecule has 2 rings (SSSR count). The molecule has 0 spiro atoms. The zero-order valence-electron chi connectivity index (χ0n) is 11.8. The van der Waals surface area contributed by atoms with Gasteiger partial charge in [0, 0.05) is 12.6 Å². The van der Waals surface area contributed by atoms with Gasteiger partial charge in [-0.2, -0.15) is 0 Å². The van der Waals surface area contributed by atoms with Gasteiger partial charge >= 0.3 is 0 Å². The van der Waals surface area contributed by atoms with Crippen LogP contribution in [0, 0.1) is 0 Å². The second-order valence-corrected chi connectivity index (χ2v) is 5.28. The normalized spacial score (nSPS) is 20.4.